The first-order valence-corrected chi connectivity index (χ1v) is 7.43. The molecule has 2 N–H and O–H groups in total. The van der Waals surface area contributed by atoms with Crippen LogP contribution in [0.3, 0.4) is 0 Å². The molecule has 0 radical (unpaired) electrons. The number of hydrogen-bond acceptors (Lipinski definition) is 3. The molecule has 0 aliphatic carbocycles. The van der Waals surface area contributed by atoms with Gasteiger partial charge in [-0.1, -0.05) is 29.9 Å². The van der Waals surface area contributed by atoms with E-state index in [1.807, 2.05) is 18.2 Å². The number of nitrogens with two attached hydrogens (primary N) is 1. The van der Waals surface area contributed by atoms with Crippen molar-refractivity contribution in [1.29, 1.82) is 0 Å². The topological polar surface area (TPSA) is 38.5 Å². The highest BCUT2D eigenvalue weighted by Gasteiger charge is 2.39. The number of hydrogen-bond donors (Lipinski definition) is 1. The van der Waals surface area contributed by atoms with E-state index in [0.717, 1.165) is 24.3 Å². The number of halogens is 1. The summed E-state index contributed by atoms with van der Waals surface area (Å²) < 4.78 is 6.10. The maximum Gasteiger partial charge on any atom is 0.107 e. The lowest BCUT2D eigenvalue weighted by molar-refractivity contribution is -0.133. The normalized spacial score (nSPS) is 20.8. The fourth-order valence-electron chi connectivity index (χ4n) is 2.98. The van der Waals surface area contributed by atoms with Crippen LogP contribution in [0.1, 0.15) is 33.3 Å². The minimum Gasteiger partial charge on any atom is -0.389 e. The van der Waals surface area contributed by atoms with Gasteiger partial charge in [0.1, 0.15) is 4.99 Å². The van der Waals surface area contributed by atoms with Gasteiger partial charge in [0.15, 0.2) is 0 Å². The van der Waals surface area contributed by atoms with E-state index >= 15 is 0 Å². The maximum atomic E-state index is 6.26. The zero-order valence-corrected chi connectivity index (χ0v) is 13.9. The highest BCUT2D eigenvalue weighted by Crippen LogP contribution is 2.35. The molecule has 2 rings (SSSR count). The molecule has 0 spiro atoms. The number of anilines is 1. The van der Waals surface area contributed by atoms with E-state index in [2.05, 4.69) is 32.6 Å². The van der Waals surface area contributed by atoms with Crippen LogP contribution >= 0.6 is 23.8 Å². The van der Waals surface area contributed by atoms with Crippen LogP contribution in [0.5, 0.6) is 0 Å². The van der Waals surface area contributed by atoms with Gasteiger partial charge < -0.3 is 15.4 Å². The summed E-state index contributed by atoms with van der Waals surface area (Å²) in [6.45, 7) is 9.90. The molecule has 1 aliphatic heterocycles. The molecule has 20 heavy (non-hydrogen) atoms. The first kappa shape index (κ1) is 15.5. The van der Waals surface area contributed by atoms with E-state index in [0.29, 0.717) is 10.0 Å². The van der Waals surface area contributed by atoms with Crippen LogP contribution < -0.4 is 10.6 Å². The standard InChI is InChI=1S/C15H21ClN2OS/c1-14(2)8-18(9-15(3,4)19-14)11-7-5-6-10(16)12(11)13(17)20/h5-7H,8-9H2,1-4H3,(H2,17,20). The van der Waals surface area contributed by atoms with Crippen molar-refractivity contribution in [1.82, 2.24) is 0 Å². The molecule has 1 heterocycles. The number of rotatable bonds is 2. The lowest BCUT2D eigenvalue weighted by Gasteiger charge is -2.48. The molecule has 1 aromatic rings. The molecule has 5 heteroatoms. The molecular formula is C15H21ClN2OS. The quantitative estimate of drug-likeness (QED) is 0.850. The van der Waals surface area contributed by atoms with Crippen molar-refractivity contribution < 1.29 is 4.74 Å². The Morgan fingerprint density at radius 2 is 1.80 bits per heavy atom. The van der Waals surface area contributed by atoms with Crippen molar-refractivity contribution in [2.45, 2.75) is 38.9 Å². The van der Waals surface area contributed by atoms with Crippen LogP contribution in [-0.2, 0) is 4.74 Å². The highest BCUT2D eigenvalue weighted by molar-refractivity contribution is 7.80. The third-order valence-electron chi connectivity index (χ3n) is 3.27. The third-order valence-corrected chi connectivity index (χ3v) is 3.79. The minimum atomic E-state index is -0.239. The lowest BCUT2D eigenvalue weighted by atomic mass is 9.97. The second kappa shape index (κ2) is 5.17. The highest BCUT2D eigenvalue weighted by atomic mass is 35.5. The van der Waals surface area contributed by atoms with Gasteiger partial charge in [0.25, 0.3) is 0 Å². The molecule has 110 valence electrons. The number of benzene rings is 1. The monoisotopic (exact) mass is 312 g/mol. The van der Waals surface area contributed by atoms with Gasteiger partial charge in [-0.15, -0.1) is 0 Å². The van der Waals surface area contributed by atoms with Crippen molar-refractivity contribution in [3.05, 3.63) is 28.8 Å². The number of morpholine rings is 1. The van der Waals surface area contributed by atoms with Crippen molar-refractivity contribution >= 4 is 34.5 Å². The first-order chi connectivity index (χ1) is 9.11. The maximum absolute atomic E-state index is 6.26. The molecule has 0 saturated carbocycles. The molecule has 1 aromatic carbocycles. The van der Waals surface area contributed by atoms with Crippen LogP contribution in [0.15, 0.2) is 18.2 Å². The van der Waals surface area contributed by atoms with Gasteiger partial charge in [0, 0.05) is 18.8 Å². The van der Waals surface area contributed by atoms with Crippen LogP contribution in [0.4, 0.5) is 5.69 Å². The summed E-state index contributed by atoms with van der Waals surface area (Å²) in [5, 5.41) is 0.595. The van der Waals surface area contributed by atoms with E-state index in [-0.39, 0.29) is 11.2 Å². The molecule has 3 nitrogen and oxygen atoms in total. The van der Waals surface area contributed by atoms with Gasteiger partial charge in [0.2, 0.25) is 0 Å². The molecule has 0 amide bonds. The molecule has 0 atom stereocenters. The third kappa shape index (κ3) is 3.25. The zero-order chi connectivity index (χ0) is 15.1. The fourth-order valence-corrected chi connectivity index (χ4v) is 3.52. The Bertz CT molecular complexity index is 527. The Hall–Kier alpha value is -0.840. The van der Waals surface area contributed by atoms with E-state index in [1.54, 1.807) is 0 Å². The van der Waals surface area contributed by atoms with Gasteiger partial charge in [-0.05, 0) is 39.8 Å². The molecule has 0 aromatic heterocycles. The van der Waals surface area contributed by atoms with E-state index in [4.69, 9.17) is 34.3 Å². The van der Waals surface area contributed by atoms with Gasteiger partial charge in [-0.2, -0.15) is 0 Å². The summed E-state index contributed by atoms with van der Waals surface area (Å²) in [6.07, 6.45) is 0. The Kier molecular flexibility index (Phi) is 4.02. The van der Waals surface area contributed by atoms with Crippen LogP contribution in [0.2, 0.25) is 5.02 Å². The van der Waals surface area contributed by atoms with Gasteiger partial charge in [-0.3, -0.25) is 0 Å². The van der Waals surface area contributed by atoms with Crippen LogP contribution in [0.25, 0.3) is 0 Å². The Labute approximate surface area is 131 Å². The Morgan fingerprint density at radius 3 is 2.30 bits per heavy atom. The summed E-state index contributed by atoms with van der Waals surface area (Å²) in [7, 11) is 0. The molecule has 0 bridgehead atoms. The van der Waals surface area contributed by atoms with E-state index in [9.17, 15) is 0 Å². The molecule has 0 unspecified atom stereocenters. The van der Waals surface area contributed by atoms with E-state index < -0.39 is 0 Å². The number of ether oxygens (including phenoxy) is 1. The van der Waals surface area contributed by atoms with Crippen molar-refractivity contribution in [3.8, 4) is 0 Å². The predicted octanol–water partition coefficient (Wildman–Crippen LogP) is 3.37. The number of nitrogens with zero attached hydrogens (tertiary/aromatic N) is 1. The van der Waals surface area contributed by atoms with Gasteiger partial charge in [0.05, 0.1) is 21.8 Å². The number of thiocarbonyl (C=S) groups is 1. The largest absolute Gasteiger partial charge is 0.389 e. The second-order valence-electron chi connectivity index (χ2n) is 6.48. The molecule has 1 aliphatic rings. The summed E-state index contributed by atoms with van der Waals surface area (Å²) >= 11 is 11.4. The average Bonchev–Trinajstić information content (AvgIpc) is 2.23. The van der Waals surface area contributed by atoms with Crippen molar-refractivity contribution in [2.24, 2.45) is 5.73 Å². The van der Waals surface area contributed by atoms with E-state index in [1.165, 1.54) is 0 Å². The summed E-state index contributed by atoms with van der Waals surface area (Å²) in [5.74, 6) is 0. The summed E-state index contributed by atoms with van der Waals surface area (Å²) in [6, 6.07) is 5.75. The smallest absolute Gasteiger partial charge is 0.107 e. The fraction of sp³-hybridized carbons (Fsp3) is 0.533. The summed E-state index contributed by atoms with van der Waals surface area (Å²) in [4.78, 5) is 2.58. The SMILES string of the molecule is CC1(C)CN(c2cccc(Cl)c2C(N)=S)CC(C)(C)O1. The van der Waals surface area contributed by atoms with Crippen LogP contribution in [0, 0.1) is 0 Å². The van der Waals surface area contributed by atoms with Crippen molar-refractivity contribution in [3.63, 3.8) is 0 Å². The van der Waals surface area contributed by atoms with Gasteiger partial charge in [-0.25, -0.2) is 0 Å². The van der Waals surface area contributed by atoms with Gasteiger partial charge >= 0.3 is 0 Å². The minimum absolute atomic E-state index is 0.239. The van der Waals surface area contributed by atoms with Crippen LogP contribution in [-0.4, -0.2) is 29.3 Å². The lowest BCUT2D eigenvalue weighted by Crippen LogP contribution is -2.57. The Balaban J connectivity index is 2.46. The average molecular weight is 313 g/mol. The predicted molar refractivity (Wildman–Crippen MR) is 88.8 cm³/mol. The molecule has 1 saturated heterocycles. The molecular weight excluding hydrogens is 292 g/mol. The molecule has 1 fully saturated rings. The Morgan fingerprint density at radius 1 is 1.25 bits per heavy atom. The van der Waals surface area contributed by atoms with Crippen molar-refractivity contribution in [2.75, 3.05) is 18.0 Å². The second-order valence-corrected chi connectivity index (χ2v) is 7.32. The first-order valence-electron chi connectivity index (χ1n) is 6.65. The zero-order valence-electron chi connectivity index (χ0n) is 12.4. The summed E-state index contributed by atoms with van der Waals surface area (Å²) in [5.41, 5.74) is 7.10.